The SMILES string of the molecule is Nc1cc(-c2ccccc2)ncc1-c1ccccc1. The molecule has 3 rings (SSSR count). The van der Waals surface area contributed by atoms with Crippen LogP contribution >= 0.6 is 0 Å². The second kappa shape index (κ2) is 4.94. The first-order valence-electron chi connectivity index (χ1n) is 6.21. The Balaban J connectivity index is 2.04. The van der Waals surface area contributed by atoms with Crippen molar-refractivity contribution in [1.82, 2.24) is 4.98 Å². The molecule has 0 fully saturated rings. The Hall–Kier alpha value is -2.61. The summed E-state index contributed by atoms with van der Waals surface area (Å²) in [7, 11) is 0. The normalized spacial score (nSPS) is 10.3. The van der Waals surface area contributed by atoms with Crippen LogP contribution in [0.1, 0.15) is 0 Å². The van der Waals surface area contributed by atoms with Gasteiger partial charge in [0, 0.05) is 23.0 Å². The average Bonchev–Trinajstić information content (AvgIpc) is 2.49. The van der Waals surface area contributed by atoms with Crippen molar-refractivity contribution in [3.05, 3.63) is 72.9 Å². The predicted octanol–water partition coefficient (Wildman–Crippen LogP) is 4.00. The number of anilines is 1. The van der Waals surface area contributed by atoms with Gasteiger partial charge in [-0.3, -0.25) is 4.98 Å². The molecule has 0 aliphatic carbocycles. The number of nitrogen functional groups attached to an aromatic ring is 1. The first-order valence-corrected chi connectivity index (χ1v) is 6.21. The van der Waals surface area contributed by atoms with E-state index < -0.39 is 0 Å². The number of hydrogen-bond donors (Lipinski definition) is 1. The van der Waals surface area contributed by atoms with Crippen LogP contribution in [0, 0.1) is 0 Å². The van der Waals surface area contributed by atoms with E-state index >= 15 is 0 Å². The van der Waals surface area contributed by atoms with Crippen molar-refractivity contribution in [2.24, 2.45) is 0 Å². The van der Waals surface area contributed by atoms with Crippen LogP contribution in [0.5, 0.6) is 0 Å². The van der Waals surface area contributed by atoms with Gasteiger partial charge < -0.3 is 5.73 Å². The first-order chi connectivity index (χ1) is 9.34. The molecule has 92 valence electrons. The standard InChI is InChI=1S/C17H14N2/c18-16-11-17(14-9-5-2-6-10-14)19-12-15(16)13-7-3-1-4-8-13/h1-12H,(H2,18,19). The predicted molar refractivity (Wildman–Crippen MR) is 79.5 cm³/mol. The highest BCUT2D eigenvalue weighted by Crippen LogP contribution is 2.28. The molecule has 0 aliphatic rings. The molecule has 2 N–H and O–H groups in total. The van der Waals surface area contributed by atoms with Crippen molar-refractivity contribution in [2.75, 3.05) is 5.73 Å². The van der Waals surface area contributed by atoms with Gasteiger partial charge in [0.15, 0.2) is 0 Å². The summed E-state index contributed by atoms with van der Waals surface area (Å²) in [5.41, 5.74) is 10.9. The number of hydrogen-bond acceptors (Lipinski definition) is 2. The van der Waals surface area contributed by atoms with Gasteiger partial charge in [0.25, 0.3) is 0 Å². The fourth-order valence-electron chi connectivity index (χ4n) is 2.10. The van der Waals surface area contributed by atoms with Crippen LogP contribution in [0.15, 0.2) is 72.9 Å². The van der Waals surface area contributed by atoms with E-state index in [9.17, 15) is 0 Å². The van der Waals surface area contributed by atoms with Crippen LogP contribution in [0.3, 0.4) is 0 Å². The van der Waals surface area contributed by atoms with Crippen molar-refractivity contribution >= 4 is 5.69 Å². The Kier molecular flexibility index (Phi) is 2.99. The van der Waals surface area contributed by atoms with E-state index in [4.69, 9.17) is 5.73 Å². The minimum atomic E-state index is 0.750. The minimum Gasteiger partial charge on any atom is -0.398 e. The van der Waals surface area contributed by atoms with Gasteiger partial charge in [0.1, 0.15) is 0 Å². The summed E-state index contributed by atoms with van der Waals surface area (Å²) >= 11 is 0. The van der Waals surface area contributed by atoms with Crippen molar-refractivity contribution in [1.29, 1.82) is 0 Å². The van der Waals surface area contributed by atoms with Gasteiger partial charge in [-0.1, -0.05) is 60.7 Å². The molecule has 0 spiro atoms. The van der Waals surface area contributed by atoms with Crippen LogP contribution in [0.2, 0.25) is 0 Å². The smallest absolute Gasteiger partial charge is 0.0722 e. The van der Waals surface area contributed by atoms with E-state index in [1.54, 1.807) is 0 Å². The molecule has 0 saturated heterocycles. The largest absolute Gasteiger partial charge is 0.398 e. The van der Waals surface area contributed by atoms with Crippen LogP contribution < -0.4 is 5.73 Å². The Bertz CT molecular complexity index is 676. The molecule has 0 amide bonds. The zero-order valence-corrected chi connectivity index (χ0v) is 10.5. The zero-order chi connectivity index (χ0) is 13.1. The van der Waals surface area contributed by atoms with Gasteiger partial charge in [-0.05, 0) is 11.6 Å². The highest BCUT2D eigenvalue weighted by atomic mass is 14.7. The number of nitrogens with zero attached hydrogens (tertiary/aromatic N) is 1. The third kappa shape index (κ3) is 2.33. The fourth-order valence-corrected chi connectivity index (χ4v) is 2.10. The molecule has 19 heavy (non-hydrogen) atoms. The van der Waals surface area contributed by atoms with Gasteiger partial charge in [0.2, 0.25) is 0 Å². The maximum Gasteiger partial charge on any atom is 0.0722 e. The van der Waals surface area contributed by atoms with Crippen LogP contribution in [0.25, 0.3) is 22.4 Å². The monoisotopic (exact) mass is 246 g/mol. The fraction of sp³-hybridized carbons (Fsp3) is 0. The molecule has 3 aromatic rings. The molecule has 0 atom stereocenters. The van der Waals surface area contributed by atoms with E-state index in [1.165, 1.54) is 0 Å². The molecular weight excluding hydrogens is 232 g/mol. The van der Waals surface area contributed by atoms with E-state index in [0.717, 1.165) is 28.1 Å². The molecule has 0 bridgehead atoms. The lowest BCUT2D eigenvalue weighted by Crippen LogP contribution is -1.93. The first kappa shape index (κ1) is 11.5. The Morgan fingerprint density at radius 1 is 0.737 bits per heavy atom. The lowest BCUT2D eigenvalue weighted by atomic mass is 10.0. The summed E-state index contributed by atoms with van der Waals surface area (Å²) < 4.78 is 0. The Labute approximate surface area is 112 Å². The van der Waals surface area contributed by atoms with E-state index in [0.29, 0.717) is 0 Å². The molecular formula is C17H14N2. The maximum absolute atomic E-state index is 6.15. The quantitative estimate of drug-likeness (QED) is 0.742. The van der Waals surface area contributed by atoms with E-state index in [2.05, 4.69) is 4.98 Å². The lowest BCUT2D eigenvalue weighted by Gasteiger charge is -2.08. The third-order valence-corrected chi connectivity index (χ3v) is 3.09. The molecule has 2 heteroatoms. The number of nitrogens with two attached hydrogens (primary N) is 1. The van der Waals surface area contributed by atoms with Gasteiger partial charge >= 0.3 is 0 Å². The summed E-state index contributed by atoms with van der Waals surface area (Å²) in [4.78, 5) is 4.51. The second-order valence-electron chi connectivity index (χ2n) is 4.39. The van der Waals surface area contributed by atoms with Gasteiger partial charge in [-0.15, -0.1) is 0 Å². The maximum atomic E-state index is 6.15. The molecule has 0 saturated carbocycles. The zero-order valence-electron chi connectivity index (χ0n) is 10.5. The van der Waals surface area contributed by atoms with Gasteiger partial charge in [0.05, 0.1) is 5.69 Å². The number of benzene rings is 2. The van der Waals surface area contributed by atoms with Crippen molar-refractivity contribution in [2.45, 2.75) is 0 Å². The molecule has 1 aromatic heterocycles. The molecule has 2 nitrogen and oxygen atoms in total. The molecule has 1 heterocycles. The van der Waals surface area contributed by atoms with E-state index in [1.807, 2.05) is 72.9 Å². The molecule has 2 aromatic carbocycles. The highest BCUT2D eigenvalue weighted by Gasteiger charge is 2.05. The second-order valence-corrected chi connectivity index (χ2v) is 4.39. The summed E-state index contributed by atoms with van der Waals surface area (Å²) in [6.45, 7) is 0. The Morgan fingerprint density at radius 2 is 1.32 bits per heavy atom. The van der Waals surface area contributed by atoms with Crippen molar-refractivity contribution < 1.29 is 0 Å². The van der Waals surface area contributed by atoms with Crippen molar-refractivity contribution in [3.63, 3.8) is 0 Å². The summed E-state index contributed by atoms with van der Waals surface area (Å²) in [5.74, 6) is 0. The van der Waals surface area contributed by atoms with E-state index in [-0.39, 0.29) is 0 Å². The van der Waals surface area contributed by atoms with Crippen LogP contribution in [0.4, 0.5) is 5.69 Å². The topological polar surface area (TPSA) is 38.9 Å². The average molecular weight is 246 g/mol. The number of pyridine rings is 1. The summed E-state index contributed by atoms with van der Waals surface area (Å²) in [6.07, 6.45) is 1.84. The lowest BCUT2D eigenvalue weighted by molar-refractivity contribution is 1.33. The molecule has 0 aliphatic heterocycles. The molecule has 0 radical (unpaired) electrons. The molecule has 0 unspecified atom stereocenters. The van der Waals surface area contributed by atoms with Gasteiger partial charge in [-0.2, -0.15) is 0 Å². The third-order valence-electron chi connectivity index (χ3n) is 3.09. The van der Waals surface area contributed by atoms with Crippen LogP contribution in [-0.4, -0.2) is 4.98 Å². The summed E-state index contributed by atoms with van der Waals surface area (Å²) in [6, 6.07) is 22.0. The Morgan fingerprint density at radius 3 is 1.89 bits per heavy atom. The summed E-state index contributed by atoms with van der Waals surface area (Å²) in [5, 5.41) is 0. The highest BCUT2D eigenvalue weighted by molar-refractivity contribution is 5.78. The number of aromatic nitrogens is 1. The number of rotatable bonds is 2. The van der Waals surface area contributed by atoms with Crippen LogP contribution in [-0.2, 0) is 0 Å². The van der Waals surface area contributed by atoms with Crippen molar-refractivity contribution in [3.8, 4) is 22.4 Å². The van der Waals surface area contributed by atoms with Gasteiger partial charge in [-0.25, -0.2) is 0 Å². The minimum absolute atomic E-state index is 0.750.